The molecule has 1 aliphatic rings. The second kappa shape index (κ2) is 13.7. The van der Waals surface area contributed by atoms with Gasteiger partial charge in [0.2, 0.25) is 0 Å². The molecule has 1 N–H and O–H groups in total. The molecule has 0 spiro atoms. The summed E-state index contributed by atoms with van der Waals surface area (Å²) >= 11 is 1.88. The molecule has 1 aliphatic carbocycles. The maximum atomic E-state index is 3.46. The van der Waals surface area contributed by atoms with Crippen molar-refractivity contribution < 1.29 is 0 Å². The fourth-order valence-corrected chi connectivity index (χ4v) is 8.80. The third-order valence-electron chi connectivity index (χ3n) is 10.6. The van der Waals surface area contributed by atoms with Crippen molar-refractivity contribution in [2.45, 2.75) is 19.3 Å². The van der Waals surface area contributed by atoms with E-state index in [4.69, 9.17) is 0 Å². The Morgan fingerprint density at radius 3 is 1.49 bits per heavy atom. The van der Waals surface area contributed by atoms with E-state index in [1.165, 1.54) is 75.8 Å². The lowest BCUT2D eigenvalue weighted by molar-refractivity contribution is 0.660. The summed E-state index contributed by atoms with van der Waals surface area (Å²) in [6.07, 6.45) is 0. The van der Waals surface area contributed by atoms with Crippen LogP contribution in [-0.2, 0) is 5.41 Å². The van der Waals surface area contributed by atoms with Crippen LogP contribution in [0.4, 0.5) is 11.4 Å². The van der Waals surface area contributed by atoms with Crippen LogP contribution in [0.25, 0.3) is 64.7 Å². The Labute approximate surface area is 315 Å². The average molecular weight is 698 g/mol. The molecule has 254 valence electrons. The van der Waals surface area contributed by atoms with Crippen molar-refractivity contribution in [2.24, 2.45) is 0 Å². The van der Waals surface area contributed by atoms with Crippen LogP contribution in [0.15, 0.2) is 194 Å². The second-order valence-corrected chi connectivity index (χ2v) is 15.3. The summed E-state index contributed by atoms with van der Waals surface area (Å²) in [5.74, 6) is 0. The van der Waals surface area contributed by atoms with Gasteiger partial charge in [-0.1, -0.05) is 159 Å². The maximum absolute atomic E-state index is 3.46. The normalized spacial score (nSPS) is 12.5. The second-order valence-electron chi connectivity index (χ2n) is 14.3. The van der Waals surface area contributed by atoms with Gasteiger partial charge in [-0.25, -0.2) is 0 Å². The van der Waals surface area contributed by atoms with Gasteiger partial charge in [0.25, 0.3) is 0 Å². The lowest BCUT2D eigenvalue weighted by Crippen LogP contribution is -2.14. The van der Waals surface area contributed by atoms with E-state index in [2.05, 4.69) is 201 Å². The molecule has 1 nitrogen and oxygen atoms in total. The van der Waals surface area contributed by atoms with Crippen LogP contribution in [0.5, 0.6) is 0 Å². The molecule has 0 fully saturated rings. The fourth-order valence-electron chi connectivity index (χ4n) is 7.71. The van der Waals surface area contributed by atoms with Gasteiger partial charge in [0.05, 0.1) is 0 Å². The molecule has 8 aromatic carbocycles. The smallest absolute Gasteiger partial charge is 0.0384 e. The molecule has 0 amide bonds. The lowest BCUT2D eigenvalue weighted by Gasteiger charge is -2.22. The van der Waals surface area contributed by atoms with Crippen LogP contribution in [-0.4, -0.2) is 0 Å². The third kappa shape index (κ3) is 6.33. The third-order valence-corrected chi connectivity index (χ3v) is 11.7. The van der Waals surface area contributed by atoms with Crippen molar-refractivity contribution in [3.8, 4) is 44.5 Å². The van der Waals surface area contributed by atoms with Crippen molar-refractivity contribution >= 4 is 42.9 Å². The van der Waals surface area contributed by atoms with Gasteiger partial charge in [-0.2, -0.15) is 0 Å². The van der Waals surface area contributed by atoms with E-state index in [1.54, 1.807) is 0 Å². The largest absolute Gasteiger partial charge is 0.356 e. The Balaban J connectivity index is 0.000000142. The van der Waals surface area contributed by atoms with Gasteiger partial charge in [0, 0.05) is 37.0 Å². The number of hydrogen-bond donors (Lipinski definition) is 1. The number of benzene rings is 8. The predicted molar refractivity (Wildman–Crippen MR) is 229 cm³/mol. The highest BCUT2D eigenvalue weighted by Crippen LogP contribution is 2.49. The van der Waals surface area contributed by atoms with Gasteiger partial charge >= 0.3 is 0 Å². The molecule has 53 heavy (non-hydrogen) atoms. The highest BCUT2D eigenvalue weighted by molar-refractivity contribution is 7.25. The van der Waals surface area contributed by atoms with Gasteiger partial charge in [0.15, 0.2) is 0 Å². The molecule has 10 rings (SSSR count). The number of anilines is 2. The van der Waals surface area contributed by atoms with Gasteiger partial charge < -0.3 is 5.32 Å². The molecule has 0 atom stereocenters. The molecule has 0 unspecified atom stereocenters. The van der Waals surface area contributed by atoms with E-state index < -0.39 is 0 Å². The summed E-state index contributed by atoms with van der Waals surface area (Å²) in [6.45, 7) is 4.69. The van der Waals surface area contributed by atoms with Crippen molar-refractivity contribution in [1.29, 1.82) is 0 Å². The molecular formula is C51H39NS. The first-order valence-corrected chi connectivity index (χ1v) is 19.1. The maximum Gasteiger partial charge on any atom is 0.0384 e. The minimum absolute atomic E-state index is 0.0428. The molecule has 0 bridgehead atoms. The minimum atomic E-state index is 0.0428. The van der Waals surface area contributed by atoms with Crippen LogP contribution in [0, 0.1) is 0 Å². The number of fused-ring (bicyclic) bond motifs is 6. The summed E-state index contributed by atoms with van der Waals surface area (Å²) in [7, 11) is 0. The summed E-state index contributed by atoms with van der Waals surface area (Å²) in [5.41, 5.74) is 15.4. The minimum Gasteiger partial charge on any atom is -0.356 e. The number of thiophene rings is 1. The molecule has 0 saturated heterocycles. The first-order chi connectivity index (χ1) is 26.0. The van der Waals surface area contributed by atoms with E-state index in [-0.39, 0.29) is 5.41 Å². The van der Waals surface area contributed by atoms with Gasteiger partial charge in [-0.05, 0) is 104 Å². The molecule has 9 aromatic rings. The Bertz CT molecular complexity index is 2610. The van der Waals surface area contributed by atoms with Crippen LogP contribution in [0.2, 0.25) is 0 Å². The number of nitrogens with one attached hydrogen (secondary N) is 1. The summed E-state index contributed by atoms with van der Waals surface area (Å²) in [6, 6.07) is 69.4. The van der Waals surface area contributed by atoms with Crippen molar-refractivity contribution in [1.82, 2.24) is 0 Å². The predicted octanol–water partition coefficient (Wildman–Crippen LogP) is 14.8. The Kier molecular flexibility index (Phi) is 8.46. The molecule has 1 aromatic heterocycles. The monoisotopic (exact) mass is 697 g/mol. The van der Waals surface area contributed by atoms with E-state index in [0.717, 1.165) is 11.4 Å². The molecular weight excluding hydrogens is 659 g/mol. The molecule has 2 heteroatoms. The number of rotatable bonds is 5. The first kappa shape index (κ1) is 32.7. The van der Waals surface area contributed by atoms with Gasteiger partial charge in [-0.15, -0.1) is 11.3 Å². The zero-order valence-corrected chi connectivity index (χ0v) is 30.7. The van der Waals surface area contributed by atoms with E-state index in [0.29, 0.717) is 0 Å². The molecule has 0 aliphatic heterocycles. The standard InChI is InChI=1S/C27H20S.C24H19N/c1-27(2)23-9-5-3-7-19(23)20-13-11-18(16-24(20)27)17-12-14-26-22(15-17)21-8-4-6-10-25(21)28-26;1-3-7-19(8-4-1)21-11-15-23(16-12-21)25-24-17-13-22(14-18-24)20-9-5-2-6-10-20/h3-16H,1-2H3;1-18,25H. The van der Waals surface area contributed by atoms with Crippen molar-refractivity contribution in [3.63, 3.8) is 0 Å². The molecule has 0 radical (unpaired) electrons. The van der Waals surface area contributed by atoms with Crippen LogP contribution >= 0.6 is 11.3 Å². The average Bonchev–Trinajstić information content (AvgIpc) is 3.70. The number of hydrogen-bond acceptors (Lipinski definition) is 2. The zero-order chi connectivity index (χ0) is 35.8. The van der Waals surface area contributed by atoms with Crippen LogP contribution < -0.4 is 5.32 Å². The Morgan fingerprint density at radius 2 is 0.830 bits per heavy atom. The fraction of sp³-hybridized carbons (Fsp3) is 0.0588. The molecule has 1 heterocycles. The summed E-state index contributed by atoms with van der Waals surface area (Å²) < 4.78 is 2.72. The molecule has 0 saturated carbocycles. The van der Waals surface area contributed by atoms with Crippen LogP contribution in [0.3, 0.4) is 0 Å². The van der Waals surface area contributed by atoms with Gasteiger partial charge in [0.1, 0.15) is 0 Å². The quantitative estimate of drug-likeness (QED) is 0.189. The topological polar surface area (TPSA) is 12.0 Å². The Hall–Kier alpha value is -6.22. The van der Waals surface area contributed by atoms with Gasteiger partial charge in [-0.3, -0.25) is 0 Å². The van der Waals surface area contributed by atoms with Crippen LogP contribution in [0.1, 0.15) is 25.0 Å². The highest BCUT2D eigenvalue weighted by Gasteiger charge is 2.35. The van der Waals surface area contributed by atoms with E-state index in [1.807, 2.05) is 23.5 Å². The van der Waals surface area contributed by atoms with E-state index >= 15 is 0 Å². The summed E-state index contributed by atoms with van der Waals surface area (Å²) in [4.78, 5) is 0. The Morgan fingerprint density at radius 1 is 0.358 bits per heavy atom. The van der Waals surface area contributed by atoms with E-state index in [9.17, 15) is 0 Å². The highest BCUT2D eigenvalue weighted by atomic mass is 32.1. The zero-order valence-electron chi connectivity index (χ0n) is 29.9. The first-order valence-electron chi connectivity index (χ1n) is 18.3. The van der Waals surface area contributed by atoms with Crippen molar-refractivity contribution in [2.75, 3.05) is 5.32 Å². The lowest BCUT2D eigenvalue weighted by atomic mass is 9.81. The SMILES string of the molecule is CC1(C)c2ccccc2-c2ccc(-c3ccc4sc5ccccc5c4c3)cc21.c1ccc(-c2ccc(Nc3ccc(-c4ccccc4)cc3)cc2)cc1. The summed E-state index contributed by atoms with van der Waals surface area (Å²) in [5, 5.41) is 6.18. The van der Waals surface area contributed by atoms with Crippen molar-refractivity contribution in [3.05, 3.63) is 205 Å².